The number of pyridine rings is 1. The molecule has 4 rings (SSSR count). The molecule has 1 amide bonds. The van der Waals surface area contributed by atoms with Gasteiger partial charge in [0, 0.05) is 30.7 Å². The van der Waals surface area contributed by atoms with E-state index in [1.54, 1.807) is 24.3 Å². The fourth-order valence-corrected chi connectivity index (χ4v) is 4.10. The Balaban J connectivity index is 1.52. The molecule has 0 aliphatic carbocycles. The van der Waals surface area contributed by atoms with Crippen LogP contribution in [0.2, 0.25) is 0 Å². The van der Waals surface area contributed by atoms with Crippen LogP contribution in [0.4, 0.5) is 31.8 Å². The smallest absolute Gasteiger partial charge is 0.234 e. The van der Waals surface area contributed by atoms with E-state index in [0.717, 1.165) is 10.6 Å². The van der Waals surface area contributed by atoms with Crippen molar-refractivity contribution in [2.24, 2.45) is 0 Å². The third kappa shape index (κ3) is 6.00. The maximum Gasteiger partial charge on any atom is 0.234 e. The van der Waals surface area contributed by atoms with Gasteiger partial charge >= 0.3 is 0 Å². The fourth-order valence-electron chi connectivity index (χ4n) is 3.40. The summed E-state index contributed by atoms with van der Waals surface area (Å²) in [6.07, 6.45) is 0. The van der Waals surface area contributed by atoms with Crippen LogP contribution in [0.1, 0.15) is 0 Å². The summed E-state index contributed by atoms with van der Waals surface area (Å²) < 4.78 is 31.9. The summed E-state index contributed by atoms with van der Waals surface area (Å²) in [4.78, 5) is 22.2. The quantitative estimate of drug-likeness (QED) is 0.506. The lowest BCUT2D eigenvalue weighted by molar-refractivity contribution is -0.113. The second-order valence-electron chi connectivity index (χ2n) is 7.47. The number of anilines is 4. The summed E-state index contributed by atoms with van der Waals surface area (Å²) in [5.74, 6) is 0.721. The molecule has 1 fully saturated rings. The minimum absolute atomic E-state index is 0.180. The zero-order valence-corrected chi connectivity index (χ0v) is 18.9. The minimum Gasteiger partial charge on any atom is -0.378 e. The number of nitrogens with one attached hydrogen (secondary N) is 1. The predicted molar refractivity (Wildman–Crippen MR) is 127 cm³/mol. The third-order valence-electron chi connectivity index (χ3n) is 5.19. The molecule has 0 unspecified atom stereocenters. The van der Waals surface area contributed by atoms with Gasteiger partial charge in [-0.3, -0.25) is 4.79 Å². The summed E-state index contributed by atoms with van der Waals surface area (Å²) in [7, 11) is 1.86. The van der Waals surface area contributed by atoms with E-state index < -0.39 is 0 Å². The molecule has 0 spiro atoms. The number of morpholine rings is 1. The number of hydrogen-bond acceptors (Lipinski definition) is 6. The average Bonchev–Trinajstić information content (AvgIpc) is 2.84. The first-order valence-electron chi connectivity index (χ1n) is 10.5. The van der Waals surface area contributed by atoms with Crippen molar-refractivity contribution in [2.45, 2.75) is 4.90 Å². The molecule has 1 aromatic heterocycles. The molecule has 172 valence electrons. The molecule has 0 radical (unpaired) electrons. The van der Waals surface area contributed by atoms with E-state index >= 15 is 0 Å². The van der Waals surface area contributed by atoms with Crippen molar-refractivity contribution in [3.63, 3.8) is 0 Å². The Bertz CT molecular complexity index is 1090. The van der Waals surface area contributed by atoms with Crippen molar-refractivity contribution in [1.82, 2.24) is 4.98 Å². The van der Waals surface area contributed by atoms with Gasteiger partial charge in [0.1, 0.15) is 17.5 Å². The highest BCUT2D eigenvalue weighted by Crippen LogP contribution is 2.31. The molecule has 2 aromatic carbocycles. The lowest BCUT2D eigenvalue weighted by Crippen LogP contribution is -2.37. The van der Waals surface area contributed by atoms with Crippen LogP contribution in [0.25, 0.3) is 0 Å². The summed E-state index contributed by atoms with van der Waals surface area (Å²) in [5, 5.41) is 2.96. The Morgan fingerprint density at radius 3 is 2.33 bits per heavy atom. The molecule has 0 atom stereocenters. The molecule has 9 heteroatoms. The Kier molecular flexibility index (Phi) is 7.41. The Hall–Kier alpha value is -3.17. The van der Waals surface area contributed by atoms with Gasteiger partial charge in [0.25, 0.3) is 0 Å². The molecule has 6 nitrogen and oxygen atoms in total. The minimum atomic E-state index is -0.310. The predicted octanol–water partition coefficient (Wildman–Crippen LogP) is 4.70. The normalized spacial score (nSPS) is 13.6. The number of aromatic nitrogens is 1. The molecule has 1 N–H and O–H groups in total. The van der Waals surface area contributed by atoms with E-state index in [1.165, 1.54) is 36.0 Å². The summed E-state index contributed by atoms with van der Waals surface area (Å²) in [6, 6.07) is 15.9. The van der Waals surface area contributed by atoms with Crippen LogP contribution in [0, 0.1) is 11.6 Å². The number of nitrogens with zero attached hydrogens (tertiary/aromatic N) is 3. The van der Waals surface area contributed by atoms with Crippen molar-refractivity contribution >= 4 is 40.7 Å². The van der Waals surface area contributed by atoms with Crippen LogP contribution >= 0.6 is 11.8 Å². The van der Waals surface area contributed by atoms with E-state index in [2.05, 4.69) is 10.2 Å². The largest absolute Gasteiger partial charge is 0.378 e. The number of thioether (sulfide) groups is 1. The van der Waals surface area contributed by atoms with Crippen LogP contribution in [0.3, 0.4) is 0 Å². The number of hydrogen-bond donors (Lipinski definition) is 1. The number of rotatable bonds is 7. The van der Waals surface area contributed by atoms with Crippen molar-refractivity contribution in [2.75, 3.05) is 54.2 Å². The molecule has 1 aliphatic heterocycles. The highest BCUT2D eigenvalue weighted by atomic mass is 32.2. The number of halogens is 2. The molecule has 1 aliphatic rings. The van der Waals surface area contributed by atoms with Crippen LogP contribution in [0.5, 0.6) is 0 Å². The van der Waals surface area contributed by atoms with Crippen molar-refractivity contribution in [3.8, 4) is 0 Å². The molecule has 1 saturated heterocycles. The first-order valence-corrected chi connectivity index (χ1v) is 11.5. The second-order valence-corrected chi connectivity index (χ2v) is 8.51. The van der Waals surface area contributed by atoms with Crippen LogP contribution in [0.15, 0.2) is 65.6 Å². The molecule has 0 bridgehead atoms. The van der Waals surface area contributed by atoms with Gasteiger partial charge in [-0.1, -0.05) is 0 Å². The molecule has 2 heterocycles. The van der Waals surface area contributed by atoms with Crippen LogP contribution < -0.4 is 15.1 Å². The number of carbonyl (C=O) groups excluding carboxylic acids is 1. The van der Waals surface area contributed by atoms with Crippen molar-refractivity contribution < 1.29 is 18.3 Å². The Morgan fingerprint density at radius 2 is 1.67 bits per heavy atom. The Morgan fingerprint density at radius 1 is 1.03 bits per heavy atom. The van der Waals surface area contributed by atoms with E-state index in [1.807, 2.05) is 24.1 Å². The van der Waals surface area contributed by atoms with Crippen LogP contribution in [-0.4, -0.2) is 50.0 Å². The highest BCUT2D eigenvalue weighted by molar-refractivity contribution is 8.00. The topological polar surface area (TPSA) is 57.7 Å². The van der Waals surface area contributed by atoms with Crippen molar-refractivity contribution in [3.05, 3.63) is 72.3 Å². The van der Waals surface area contributed by atoms with Crippen molar-refractivity contribution in [1.29, 1.82) is 0 Å². The van der Waals surface area contributed by atoms with Gasteiger partial charge in [-0.15, -0.1) is 11.8 Å². The van der Waals surface area contributed by atoms with Gasteiger partial charge < -0.3 is 19.9 Å². The zero-order valence-electron chi connectivity index (χ0n) is 18.1. The van der Waals surface area contributed by atoms with E-state index in [0.29, 0.717) is 43.6 Å². The number of ether oxygens (including phenoxy) is 1. The number of benzene rings is 2. The van der Waals surface area contributed by atoms with Gasteiger partial charge in [0.05, 0.1) is 24.7 Å². The lowest BCUT2D eigenvalue weighted by Gasteiger charge is -2.30. The summed E-state index contributed by atoms with van der Waals surface area (Å²) in [6.45, 7) is 2.47. The van der Waals surface area contributed by atoms with E-state index in [4.69, 9.17) is 9.72 Å². The molecule has 0 saturated carbocycles. The SMILES string of the molecule is CN(c1ccc(F)cc1)c1ccc(NC(=O)CSc2ccc(F)cc2)c(N2CCOCC2)n1. The monoisotopic (exact) mass is 470 g/mol. The van der Waals surface area contributed by atoms with Crippen LogP contribution in [-0.2, 0) is 9.53 Å². The second kappa shape index (κ2) is 10.6. The number of carbonyl (C=O) groups is 1. The third-order valence-corrected chi connectivity index (χ3v) is 6.20. The highest BCUT2D eigenvalue weighted by Gasteiger charge is 2.20. The zero-order chi connectivity index (χ0) is 23.2. The Labute approximate surface area is 195 Å². The lowest BCUT2D eigenvalue weighted by atomic mass is 10.2. The maximum absolute atomic E-state index is 13.3. The fraction of sp³-hybridized carbons (Fsp3) is 0.250. The van der Waals surface area contributed by atoms with Gasteiger partial charge in [-0.25, -0.2) is 13.8 Å². The standard InChI is InChI=1S/C24H24F2N4O2S/c1-29(19-6-2-17(25)3-7-19)22-11-10-21(24(28-22)30-12-14-32-15-13-30)27-23(31)16-33-20-8-4-18(26)5-9-20/h2-11H,12-16H2,1H3,(H,27,31). The van der Waals surface area contributed by atoms with E-state index in [9.17, 15) is 13.6 Å². The first kappa shape index (κ1) is 23.0. The number of amides is 1. The summed E-state index contributed by atoms with van der Waals surface area (Å²) >= 11 is 1.33. The maximum atomic E-state index is 13.3. The van der Waals surface area contributed by atoms with Gasteiger partial charge in [0.15, 0.2) is 5.82 Å². The first-order chi connectivity index (χ1) is 16.0. The van der Waals surface area contributed by atoms with E-state index in [-0.39, 0.29) is 23.3 Å². The average molecular weight is 471 g/mol. The molecular weight excluding hydrogens is 446 g/mol. The molecule has 3 aromatic rings. The summed E-state index contributed by atoms with van der Waals surface area (Å²) in [5.41, 5.74) is 1.40. The molecular formula is C24H24F2N4O2S. The van der Waals surface area contributed by atoms with Gasteiger partial charge in [-0.05, 0) is 60.7 Å². The van der Waals surface area contributed by atoms with Gasteiger partial charge in [-0.2, -0.15) is 0 Å². The van der Waals surface area contributed by atoms with Gasteiger partial charge in [0.2, 0.25) is 5.91 Å². The molecule has 33 heavy (non-hydrogen) atoms.